The zero-order valence-corrected chi connectivity index (χ0v) is 9.64. The number of hydrogen-bond acceptors (Lipinski definition) is 4. The lowest BCUT2D eigenvalue weighted by Gasteiger charge is -2.18. The predicted octanol–water partition coefficient (Wildman–Crippen LogP) is 1.10. The van der Waals surface area contributed by atoms with Crippen LogP contribution in [0.5, 0.6) is 5.75 Å². The minimum Gasteiger partial charge on any atom is -0.490 e. The topological polar surface area (TPSA) is 83.8 Å². The minimum absolute atomic E-state index is 0.111. The molecule has 0 heterocycles. The molecule has 1 rings (SSSR count). The molecule has 0 spiro atoms. The first-order chi connectivity index (χ1) is 7.83. The number of carboxylic acid groups (broad SMARTS) is 1. The van der Waals surface area contributed by atoms with Gasteiger partial charge >= 0.3 is 5.97 Å². The maximum absolute atomic E-state index is 11.1. The van der Waals surface area contributed by atoms with Crippen LogP contribution in [0.3, 0.4) is 0 Å². The Morgan fingerprint density at radius 1 is 1.41 bits per heavy atom. The van der Waals surface area contributed by atoms with E-state index in [0.717, 1.165) is 6.92 Å². The van der Waals surface area contributed by atoms with E-state index in [0.29, 0.717) is 11.3 Å². The number of aliphatic carboxylic acids is 1. The number of benzene rings is 1. The Kier molecular flexibility index (Phi) is 3.85. The molecule has 0 aliphatic carbocycles. The van der Waals surface area contributed by atoms with Crippen molar-refractivity contribution in [2.75, 3.05) is 6.61 Å². The van der Waals surface area contributed by atoms with Crippen molar-refractivity contribution < 1.29 is 24.5 Å². The fraction of sp³-hybridized carbons (Fsp3) is 0.333. The van der Waals surface area contributed by atoms with Crippen LogP contribution in [-0.2, 0) is 4.79 Å². The average molecular weight is 238 g/mol. The molecule has 17 heavy (non-hydrogen) atoms. The lowest BCUT2D eigenvalue weighted by atomic mass is 10.1. The Labute approximate surface area is 98.6 Å². The van der Waals surface area contributed by atoms with Crippen molar-refractivity contribution in [1.82, 2.24) is 0 Å². The third-order valence-electron chi connectivity index (χ3n) is 2.22. The van der Waals surface area contributed by atoms with Crippen LogP contribution < -0.4 is 4.74 Å². The molecule has 5 nitrogen and oxygen atoms in total. The maximum atomic E-state index is 11.1. The van der Waals surface area contributed by atoms with Crippen LogP contribution in [0, 0.1) is 0 Å². The van der Waals surface area contributed by atoms with Gasteiger partial charge in [0.25, 0.3) is 0 Å². The van der Waals surface area contributed by atoms with Crippen molar-refractivity contribution in [3.63, 3.8) is 0 Å². The number of ketones is 1. The van der Waals surface area contributed by atoms with E-state index in [1.54, 1.807) is 18.2 Å². The van der Waals surface area contributed by atoms with Crippen molar-refractivity contribution in [2.45, 2.75) is 19.4 Å². The van der Waals surface area contributed by atoms with Gasteiger partial charge in [-0.15, -0.1) is 0 Å². The zero-order chi connectivity index (χ0) is 13.1. The van der Waals surface area contributed by atoms with E-state index in [2.05, 4.69) is 0 Å². The molecular weight excluding hydrogens is 224 g/mol. The molecular formula is C12H14O5. The van der Waals surface area contributed by atoms with Gasteiger partial charge in [0.1, 0.15) is 12.4 Å². The van der Waals surface area contributed by atoms with E-state index in [4.69, 9.17) is 9.84 Å². The molecule has 0 saturated heterocycles. The largest absolute Gasteiger partial charge is 0.490 e. The van der Waals surface area contributed by atoms with Gasteiger partial charge in [0.05, 0.1) is 0 Å². The fourth-order valence-corrected chi connectivity index (χ4v) is 1.09. The Balaban J connectivity index is 2.73. The summed E-state index contributed by atoms with van der Waals surface area (Å²) in [7, 11) is 0. The van der Waals surface area contributed by atoms with Crippen LogP contribution in [0.2, 0.25) is 0 Å². The van der Waals surface area contributed by atoms with Gasteiger partial charge in [-0.3, -0.25) is 4.79 Å². The summed E-state index contributed by atoms with van der Waals surface area (Å²) < 4.78 is 5.14. The first-order valence-corrected chi connectivity index (χ1v) is 5.02. The highest BCUT2D eigenvalue weighted by molar-refractivity contribution is 5.94. The van der Waals surface area contributed by atoms with Gasteiger partial charge in [0.2, 0.25) is 0 Å². The number of hydrogen-bond donors (Lipinski definition) is 2. The maximum Gasteiger partial charge on any atom is 0.339 e. The second-order valence-corrected chi connectivity index (χ2v) is 3.95. The van der Waals surface area contributed by atoms with Gasteiger partial charge in [-0.05, 0) is 26.0 Å². The molecule has 1 aromatic carbocycles. The summed E-state index contributed by atoms with van der Waals surface area (Å²) in [5.74, 6) is -1.13. The van der Waals surface area contributed by atoms with Crippen molar-refractivity contribution >= 4 is 11.8 Å². The smallest absolute Gasteiger partial charge is 0.339 e. The number of rotatable bonds is 5. The monoisotopic (exact) mass is 238 g/mol. The van der Waals surface area contributed by atoms with Crippen LogP contribution >= 0.6 is 0 Å². The first-order valence-electron chi connectivity index (χ1n) is 5.02. The molecule has 0 saturated carbocycles. The Morgan fingerprint density at radius 2 is 2.06 bits per heavy atom. The number of Topliss-reactive ketones (excluding diaryl/α,β-unsaturated/α-hetero) is 1. The third-order valence-corrected chi connectivity index (χ3v) is 2.22. The molecule has 5 heteroatoms. The number of ether oxygens (including phenoxy) is 1. The quantitative estimate of drug-likeness (QED) is 0.750. The van der Waals surface area contributed by atoms with E-state index in [1.165, 1.54) is 13.0 Å². The summed E-state index contributed by atoms with van der Waals surface area (Å²) in [4.78, 5) is 21.7. The summed E-state index contributed by atoms with van der Waals surface area (Å²) in [6.45, 7) is 2.18. The Hall–Kier alpha value is -1.88. The summed E-state index contributed by atoms with van der Waals surface area (Å²) in [6.07, 6.45) is 0. The number of carboxylic acids is 1. The van der Waals surface area contributed by atoms with Gasteiger partial charge in [0, 0.05) is 5.56 Å². The summed E-state index contributed by atoms with van der Waals surface area (Å²) in [6, 6.07) is 6.34. The van der Waals surface area contributed by atoms with E-state index >= 15 is 0 Å². The molecule has 0 radical (unpaired) electrons. The van der Waals surface area contributed by atoms with Gasteiger partial charge in [-0.25, -0.2) is 4.79 Å². The molecule has 0 aliphatic heterocycles. The number of carbonyl (C=O) groups excluding carboxylic acids is 1. The van der Waals surface area contributed by atoms with E-state index in [1.807, 2.05) is 0 Å². The fourth-order valence-electron chi connectivity index (χ4n) is 1.09. The lowest BCUT2D eigenvalue weighted by molar-refractivity contribution is -0.159. The third kappa shape index (κ3) is 3.57. The van der Waals surface area contributed by atoms with E-state index < -0.39 is 11.6 Å². The van der Waals surface area contributed by atoms with Gasteiger partial charge in [-0.2, -0.15) is 0 Å². The molecule has 0 fully saturated rings. The van der Waals surface area contributed by atoms with Crippen LogP contribution in [0.4, 0.5) is 0 Å². The summed E-state index contributed by atoms with van der Waals surface area (Å²) >= 11 is 0. The Bertz CT molecular complexity index is 436. The van der Waals surface area contributed by atoms with Gasteiger partial charge in [-0.1, -0.05) is 12.1 Å². The molecule has 92 valence electrons. The molecule has 0 amide bonds. The Morgan fingerprint density at radius 3 is 2.59 bits per heavy atom. The van der Waals surface area contributed by atoms with Crippen molar-refractivity contribution in [1.29, 1.82) is 0 Å². The molecule has 2 N–H and O–H groups in total. The van der Waals surface area contributed by atoms with Crippen LogP contribution in [0.1, 0.15) is 24.2 Å². The van der Waals surface area contributed by atoms with E-state index in [9.17, 15) is 14.7 Å². The average Bonchev–Trinajstić information content (AvgIpc) is 2.26. The standard InChI is InChI=1S/C12H14O5/c1-8(13)9-4-3-5-10(6-9)17-7-12(2,16)11(14)15/h3-6,16H,7H2,1-2H3,(H,14,15). The van der Waals surface area contributed by atoms with Crippen LogP contribution in [0.25, 0.3) is 0 Å². The number of aliphatic hydroxyl groups is 1. The summed E-state index contributed by atoms with van der Waals surface area (Å²) in [5, 5.41) is 18.1. The van der Waals surface area contributed by atoms with Gasteiger partial charge < -0.3 is 14.9 Å². The van der Waals surface area contributed by atoms with Crippen molar-refractivity contribution in [2.24, 2.45) is 0 Å². The van der Waals surface area contributed by atoms with Crippen molar-refractivity contribution in [3.8, 4) is 5.75 Å². The highest BCUT2D eigenvalue weighted by Gasteiger charge is 2.30. The molecule has 1 atom stereocenters. The second-order valence-electron chi connectivity index (χ2n) is 3.95. The van der Waals surface area contributed by atoms with E-state index in [-0.39, 0.29) is 12.4 Å². The SMILES string of the molecule is CC(=O)c1cccc(OCC(C)(O)C(=O)O)c1. The normalized spacial score (nSPS) is 13.8. The predicted molar refractivity (Wildman–Crippen MR) is 60.2 cm³/mol. The second kappa shape index (κ2) is 4.97. The number of carbonyl (C=O) groups is 2. The van der Waals surface area contributed by atoms with Gasteiger partial charge in [0.15, 0.2) is 11.4 Å². The molecule has 0 aromatic heterocycles. The molecule has 1 unspecified atom stereocenters. The molecule has 1 aromatic rings. The molecule has 0 bridgehead atoms. The highest BCUT2D eigenvalue weighted by Crippen LogP contribution is 2.15. The van der Waals surface area contributed by atoms with Crippen molar-refractivity contribution in [3.05, 3.63) is 29.8 Å². The lowest BCUT2D eigenvalue weighted by Crippen LogP contribution is -2.41. The van der Waals surface area contributed by atoms with Crippen LogP contribution in [0.15, 0.2) is 24.3 Å². The highest BCUT2D eigenvalue weighted by atomic mass is 16.5. The molecule has 0 aliphatic rings. The minimum atomic E-state index is -1.95. The summed E-state index contributed by atoms with van der Waals surface area (Å²) in [5.41, 5.74) is -1.48. The first kappa shape index (κ1) is 13.2. The zero-order valence-electron chi connectivity index (χ0n) is 9.64. The van der Waals surface area contributed by atoms with Crippen LogP contribution in [-0.4, -0.2) is 34.2 Å².